The normalized spacial score (nSPS) is 14.6. The average molecular weight is 441 g/mol. The lowest BCUT2D eigenvalue weighted by molar-refractivity contribution is 0.410. The van der Waals surface area contributed by atoms with Crippen LogP contribution in [0.5, 0.6) is 11.5 Å². The number of aromatic nitrogens is 2. The maximum Gasteiger partial charge on any atom is 0.186 e. The van der Waals surface area contributed by atoms with E-state index in [4.69, 9.17) is 19.4 Å². The van der Waals surface area contributed by atoms with Crippen LogP contribution in [-0.4, -0.2) is 50.4 Å². The first-order chi connectivity index (χ1) is 14.7. The van der Waals surface area contributed by atoms with Crippen LogP contribution in [0.25, 0.3) is 20.4 Å². The second kappa shape index (κ2) is 7.92. The van der Waals surface area contributed by atoms with Gasteiger partial charge in [-0.1, -0.05) is 35.7 Å². The van der Waals surface area contributed by atoms with Gasteiger partial charge in [0.1, 0.15) is 21.7 Å². The molecule has 1 aliphatic rings. The van der Waals surface area contributed by atoms with E-state index < -0.39 is 0 Å². The lowest BCUT2D eigenvalue weighted by atomic mass is 10.2. The monoisotopic (exact) mass is 440 g/mol. The number of nitrogens with zero attached hydrogens (tertiary/aromatic N) is 4. The quantitative estimate of drug-likeness (QED) is 0.444. The number of benzene rings is 2. The van der Waals surface area contributed by atoms with Crippen LogP contribution in [0.1, 0.15) is 12.5 Å². The van der Waals surface area contributed by atoms with Gasteiger partial charge in [0, 0.05) is 26.2 Å². The van der Waals surface area contributed by atoms with Crippen LogP contribution in [-0.2, 0) is 6.42 Å². The fraction of sp³-hybridized carbons (Fsp3) is 0.364. The maximum absolute atomic E-state index is 5.53. The first-order valence-electron chi connectivity index (χ1n) is 10.1. The summed E-state index contributed by atoms with van der Waals surface area (Å²) >= 11 is 3.46. The van der Waals surface area contributed by atoms with Gasteiger partial charge in [0.15, 0.2) is 10.3 Å². The van der Waals surface area contributed by atoms with Crippen LogP contribution in [0.4, 0.5) is 10.3 Å². The number of piperazine rings is 1. The number of ether oxygens (including phenoxy) is 2. The van der Waals surface area contributed by atoms with Crippen LogP contribution in [0.15, 0.2) is 30.3 Å². The molecule has 0 aliphatic carbocycles. The van der Waals surface area contributed by atoms with Crippen LogP contribution < -0.4 is 19.3 Å². The van der Waals surface area contributed by atoms with Gasteiger partial charge in [-0.25, -0.2) is 9.97 Å². The van der Waals surface area contributed by atoms with Crippen molar-refractivity contribution in [3.63, 3.8) is 0 Å². The third kappa shape index (κ3) is 3.33. The van der Waals surface area contributed by atoms with Gasteiger partial charge in [0.2, 0.25) is 0 Å². The van der Waals surface area contributed by atoms with Gasteiger partial charge >= 0.3 is 0 Å². The lowest BCUT2D eigenvalue weighted by Gasteiger charge is -2.34. The predicted molar refractivity (Wildman–Crippen MR) is 126 cm³/mol. The van der Waals surface area contributed by atoms with Gasteiger partial charge in [-0.2, -0.15) is 0 Å². The fourth-order valence-corrected chi connectivity index (χ4v) is 6.02. The topological polar surface area (TPSA) is 50.7 Å². The van der Waals surface area contributed by atoms with Crippen molar-refractivity contribution in [1.82, 2.24) is 9.97 Å². The fourth-order valence-electron chi connectivity index (χ4n) is 3.81. The molecule has 0 bridgehead atoms. The summed E-state index contributed by atoms with van der Waals surface area (Å²) < 4.78 is 13.3. The minimum absolute atomic E-state index is 0.785. The molecule has 0 amide bonds. The van der Waals surface area contributed by atoms with Crippen LogP contribution >= 0.6 is 22.7 Å². The standard InChI is InChI=1S/C22H24N4O2S2/c1-4-14-5-6-15-18(13-14)29-21(23-15)25-9-11-26(12-10-25)22-24-19-16(27-2)7-8-17(28-3)20(19)30-22/h5-8,13H,4,9-12H2,1-3H3. The van der Waals surface area contributed by atoms with Crippen molar-refractivity contribution in [3.05, 3.63) is 35.9 Å². The highest BCUT2D eigenvalue weighted by Crippen LogP contribution is 2.40. The number of rotatable bonds is 5. The number of hydrogen-bond donors (Lipinski definition) is 0. The Hall–Kier alpha value is -2.58. The first-order valence-corrected chi connectivity index (χ1v) is 11.7. The summed E-state index contributed by atoms with van der Waals surface area (Å²) in [4.78, 5) is 14.5. The van der Waals surface area contributed by atoms with Crippen LogP contribution in [0.2, 0.25) is 0 Å². The summed E-state index contributed by atoms with van der Waals surface area (Å²) in [6, 6.07) is 10.5. The molecule has 3 heterocycles. The predicted octanol–water partition coefficient (Wildman–Crippen LogP) is 4.81. The molecular formula is C22H24N4O2S2. The summed E-state index contributed by atoms with van der Waals surface area (Å²) in [5.41, 5.74) is 3.33. The Bertz CT molecular complexity index is 1150. The Morgan fingerprint density at radius 2 is 1.53 bits per heavy atom. The van der Waals surface area contributed by atoms with Gasteiger partial charge in [-0.15, -0.1) is 0 Å². The summed E-state index contributed by atoms with van der Waals surface area (Å²) in [5.74, 6) is 1.63. The Morgan fingerprint density at radius 3 is 2.20 bits per heavy atom. The SMILES string of the molecule is CCc1ccc2nc(N3CCN(c4nc5c(OC)ccc(OC)c5s4)CC3)sc2c1. The van der Waals surface area contributed by atoms with Gasteiger partial charge in [0.05, 0.1) is 24.4 Å². The van der Waals surface area contributed by atoms with E-state index in [9.17, 15) is 0 Å². The molecule has 0 unspecified atom stereocenters. The van der Waals surface area contributed by atoms with E-state index in [0.717, 1.165) is 70.1 Å². The van der Waals surface area contributed by atoms with Crippen molar-refractivity contribution < 1.29 is 9.47 Å². The van der Waals surface area contributed by atoms with E-state index in [2.05, 4.69) is 34.9 Å². The van der Waals surface area contributed by atoms with Gasteiger partial charge < -0.3 is 19.3 Å². The summed E-state index contributed by atoms with van der Waals surface area (Å²) in [6.45, 7) is 5.89. The van der Waals surface area contributed by atoms with Crippen molar-refractivity contribution in [3.8, 4) is 11.5 Å². The number of aryl methyl sites for hydroxylation is 1. The third-order valence-electron chi connectivity index (χ3n) is 5.57. The maximum atomic E-state index is 5.53. The van der Waals surface area contributed by atoms with Crippen LogP contribution in [0.3, 0.4) is 0 Å². The largest absolute Gasteiger partial charge is 0.495 e. The average Bonchev–Trinajstić information content (AvgIpc) is 3.42. The molecule has 156 valence electrons. The Labute approximate surface area is 183 Å². The van der Waals surface area contributed by atoms with E-state index in [1.165, 1.54) is 10.3 Å². The molecule has 0 radical (unpaired) electrons. The van der Waals surface area contributed by atoms with E-state index in [1.807, 2.05) is 12.1 Å². The summed E-state index contributed by atoms with van der Waals surface area (Å²) in [7, 11) is 3.38. The van der Waals surface area contributed by atoms with Gasteiger partial charge in [0.25, 0.3) is 0 Å². The highest BCUT2D eigenvalue weighted by Gasteiger charge is 2.23. The van der Waals surface area contributed by atoms with E-state index in [0.29, 0.717) is 0 Å². The minimum Gasteiger partial charge on any atom is -0.495 e. The molecular weight excluding hydrogens is 416 g/mol. The molecule has 2 aromatic heterocycles. The molecule has 1 fully saturated rings. The van der Waals surface area contributed by atoms with Gasteiger partial charge in [-0.05, 0) is 36.2 Å². The molecule has 1 aliphatic heterocycles. The molecule has 5 rings (SSSR count). The molecule has 6 nitrogen and oxygen atoms in total. The van der Waals surface area contributed by atoms with Crippen LogP contribution in [0, 0.1) is 0 Å². The zero-order chi connectivity index (χ0) is 20.7. The molecule has 0 atom stereocenters. The van der Waals surface area contributed by atoms with Crippen molar-refractivity contribution in [2.45, 2.75) is 13.3 Å². The van der Waals surface area contributed by atoms with Crippen molar-refractivity contribution in [1.29, 1.82) is 0 Å². The summed E-state index contributed by atoms with van der Waals surface area (Å²) in [5, 5.41) is 2.13. The lowest BCUT2D eigenvalue weighted by Crippen LogP contribution is -2.46. The highest BCUT2D eigenvalue weighted by atomic mass is 32.1. The number of fused-ring (bicyclic) bond motifs is 2. The molecule has 4 aromatic rings. The summed E-state index contributed by atoms with van der Waals surface area (Å²) in [6.07, 6.45) is 1.06. The minimum atomic E-state index is 0.785. The Kier molecular flexibility index (Phi) is 5.12. The zero-order valence-electron chi connectivity index (χ0n) is 17.3. The molecule has 2 aromatic carbocycles. The molecule has 0 saturated carbocycles. The molecule has 30 heavy (non-hydrogen) atoms. The molecule has 0 spiro atoms. The van der Waals surface area contributed by atoms with E-state index in [1.54, 1.807) is 36.9 Å². The zero-order valence-corrected chi connectivity index (χ0v) is 19.0. The second-order valence-electron chi connectivity index (χ2n) is 7.27. The number of anilines is 2. The smallest absolute Gasteiger partial charge is 0.186 e. The first kappa shape index (κ1) is 19.4. The van der Waals surface area contributed by atoms with Crippen molar-refractivity contribution in [2.75, 3.05) is 50.2 Å². The van der Waals surface area contributed by atoms with E-state index in [-0.39, 0.29) is 0 Å². The van der Waals surface area contributed by atoms with Gasteiger partial charge in [-0.3, -0.25) is 0 Å². The Balaban J connectivity index is 1.36. The highest BCUT2D eigenvalue weighted by molar-refractivity contribution is 7.22. The molecule has 8 heteroatoms. The number of thiazole rings is 2. The molecule has 0 N–H and O–H groups in total. The number of methoxy groups -OCH3 is 2. The molecule has 1 saturated heterocycles. The third-order valence-corrected chi connectivity index (χ3v) is 7.78. The van der Waals surface area contributed by atoms with E-state index >= 15 is 0 Å². The van der Waals surface area contributed by atoms with Crippen molar-refractivity contribution >= 4 is 53.4 Å². The van der Waals surface area contributed by atoms with Crippen molar-refractivity contribution in [2.24, 2.45) is 0 Å². The Morgan fingerprint density at radius 1 is 0.867 bits per heavy atom. The second-order valence-corrected chi connectivity index (χ2v) is 9.26. The number of hydrogen-bond acceptors (Lipinski definition) is 8.